The van der Waals surface area contributed by atoms with E-state index in [2.05, 4.69) is 5.32 Å². The maximum atomic E-state index is 11.4. The molecule has 5 atom stereocenters. The number of hydrogen-bond donors (Lipinski definition) is 2. The molecule has 0 bridgehead atoms. The number of unbranched alkanes of at least 4 members (excludes halogenated alkanes) is 4. The van der Waals surface area contributed by atoms with Crippen LogP contribution in [-0.4, -0.2) is 64.2 Å². The van der Waals surface area contributed by atoms with Gasteiger partial charge >= 0.3 is 6.72 Å². The third-order valence-electron chi connectivity index (χ3n) is 5.11. The Hall–Kier alpha value is -0.0151. The standard InChI is InChI=1S/C18H37BNO6PS/c1-4-10-16(21)20-12-9-7-5-6-8-11-14-17(26-27(22,28)24-3)15(13-23-2)25-18(14)19/h14-15,17-18H,4-13,19H2,1-3H3,(H,20,21)(H,22,28)/t14-,15+,17?,18+,27?/m0/s1. The highest BCUT2D eigenvalue weighted by Crippen LogP contribution is 2.48. The van der Waals surface area contributed by atoms with Gasteiger partial charge in [-0.3, -0.25) is 4.79 Å². The number of hydrogen-bond acceptors (Lipinski definition) is 6. The maximum absolute atomic E-state index is 11.4. The van der Waals surface area contributed by atoms with Crippen LogP contribution in [-0.2, 0) is 35.1 Å². The average molecular weight is 437 g/mol. The Balaban J connectivity index is 2.33. The van der Waals surface area contributed by atoms with Crippen LogP contribution in [0.25, 0.3) is 0 Å². The molecule has 10 heteroatoms. The van der Waals surface area contributed by atoms with E-state index >= 15 is 0 Å². The van der Waals surface area contributed by atoms with E-state index in [0.717, 1.165) is 51.5 Å². The van der Waals surface area contributed by atoms with Gasteiger partial charge in [0.1, 0.15) is 20.1 Å². The molecule has 2 N–H and O–H groups in total. The van der Waals surface area contributed by atoms with Gasteiger partial charge in [0.05, 0.1) is 6.61 Å². The minimum absolute atomic E-state index is 0.0192. The van der Waals surface area contributed by atoms with Crippen molar-refractivity contribution in [1.82, 2.24) is 5.32 Å². The molecule has 1 aliphatic rings. The zero-order valence-corrected chi connectivity index (χ0v) is 19.4. The lowest BCUT2D eigenvalue weighted by atomic mass is 9.81. The van der Waals surface area contributed by atoms with Gasteiger partial charge in [-0.05, 0) is 31.1 Å². The van der Waals surface area contributed by atoms with Gasteiger partial charge in [0, 0.05) is 39.1 Å². The minimum Gasteiger partial charge on any atom is -0.382 e. The molecule has 0 spiro atoms. The number of methoxy groups -OCH3 is 1. The number of rotatable bonds is 15. The van der Waals surface area contributed by atoms with Crippen LogP contribution in [0.1, 0.15) is 58.3 Å². The van der Waals surface area contributed by atoms with Crippen LogP contribution in [0.2, 0.25) is 0 Å². The van der Waals surface area contributed by atoms with E-state index in [0.29, 0.717) is 13.0 Å². The summed E-state index contributed by atoms with van der Waals surface area (Å²) >= 11 is 5.04. The molecule has 0 saturated carbocycles. The smallest absolute Gasteiger partial charge is 0.324 e. The van der Waals surface area contributed by atoms with Crippen molar-refractivity contribution >= 4 is 32.3 Å². The van der Waals surface area contributed by atoms with Crippen molar-refractivity contribution in [2.45, 2.75) is 76.5 Å². The summed E-state index contributed by atoms with van der Waals surface area (Å²) in [7, 11) is 5.02. The molecular formula is C18H37BNO6PS. The van der Waals surface area contributed by atoms with Crippen LogP contribution >= 0.6 is 6.72 Å². The summed E-state index contributed by atoms with van der Waals surface area (Å²) in [6.45, 7) is -0.0859. The van der Waals surface area contributed by atoms with Crippen molar-refractivity contribution < 1.29 is 28.2 Å². The lowest BCUT2D eigenvalue weighted by Crippen LogP contribution is -2.33. The van der Waals surface area contributed by atoms with E-state index in [1.807, 2.05) is 14.8 Å². The van der Waals surface area contributed by atoms with Gasteiger partial charge in [-0.25, -0.2) is 0 Å². The van der Waals surface area contributed by atoms with Crippen LogP contribution in [0.4, 0.5) is 0 Å². The van der Waals surface area contributed by atoms with E-state index < -0.39 is 6.72 Å². The van der Waals surface area contributed by atoms with E-state index in [1.165, 1.54) is 7.11 Å². The van der Waals surface area contributed by atoms with Gasteiger partial charge < -0.3 is 28.7 Å². The molecular weight excluding hydrogens is 400 g/mol. The molecule has 0 radical (unpaired) electrons. The Morgan fingerprint density at radius 3 is 2.57 bits per heavy atom. The Morgan fingerprint density at radius 1 is 1.25 bits per heavy atom. The molecule has 1 aliphatic heterocycles. The second-order valence-corrected chi connectivity index (χ2v) is 10.3. The molecule has 0 aromatic heterocycles. The molecule has 0 aliphatic carbocycles. The minimum atomic E-state index is -3.26. The summed E-state index contributed by atoms with van der Waals surface area (Å²) in [5, 5.41) is 2.95. The predicted molar refractivity (Wildman–Crippen MR) is 117 cm³/mol. The normalized spacial score (nSPS) is 26.9. The highest BCUT2D eigenvalue weighted by Gasteiger charge is 2.44. The van der Waals surface area contributed by atoms with E-state index in [-0.39, 0.29) is 30.0 Å². The molecule has 7 nitrogen and oxygen atoms in total. The van der Waals surface area contributed by atoms with E-state index in [9.17, 15) is 9.69 Å². The number of ether oxygens (including phenoxy) is 2. The predicted octanol–water partition coefficient (Wildman–Crippen LogP) is 2.11. The van der Waals surface area contributed by atoms with Gasteiger partial charge in [0.25, 0.3) is 0 Å². The van der Waals surface area contributed by atoms with Crippen molar-refractivity contribution in [2.75, 3.05) is 27.4 Å². The largest absolute Gasteiger partial charge is 0.382 e. The molecule has 1 amide bonds. The fourth-order valence-corrected chi connectivity index (χ4v) is 4.60. The second kappa shape index (κ2) is 14.1. The summed E-state index contributed by atoms with van der Waals surface area (Å²) < 4.78 is 21.9. The zero-order valence-electron chi connectivity index (χ0n) is 17.7. The first kappa shape index (κ1) is 26.0. The fourth-order valence-electron chi connectivity index (χ4n) is 3.62. The van der Waals surface area contributed by atoms with E-state index in [4.69, 9.17) is 30.3 Å². The number of nitrogens with one attached hydrogen (secondary N) is 1. The summed E-state index contributed by atoms with van der Waals surface area (Å²) in [6.07, 6.45) is 7.30. The van der Waals surface area contributed by atoms with E-state index in [1.54, 1.807) is 7.11 Å². The Labute approximate surface area is 175 Å². The van der Waals surface area contributed by atoms with Crippen molar-refractivity contribution in [3.63, 3.8) is 0 Å². The lowest BCUT2D eigenvalue weighted by Gasteiger charge is -2.26. The second-order valence-electron chi connectivity index (χ2n) is 7.38. The van der Waals surface area contributed by atoms with Crippen molar-refractivity contribution in [1.29, 1.82) is 0 Å². The van der Waals surface area contributed by atoms with Crippen LogP contribution in [0.5, 0.6) is 0 Å². The fraction of sp³-hybridized carbons (Fsp3) is 0.944. The van der Waals surface area contributed by atoms with Crippen LogP contribution < -0.4 is 5.32 Å². The van der Waals surface area contributed by atoms with Gasteiger partial charge in [-0.1, -0.05) is 32.6 Å². The molecule has 28 heavy (non-hydrogen) atoms. The SMILES string of the molecule is B[C@@H]1O[C@H](COC)C(OP(O)(=S)OC)[C@@H]1CCCCCCCNC(=O)CCC. The Kier molecular flexibility index (Phi) is 13.1. The summed E-state index contributed by atoms with van der Waals surface area (Å²) in [5.74, 6) is 0.299. The highest BCUT2D eigenvalue weighted by atomic mass is 32.5. The maximum Gasteiger partial charge on any atom is 0.324 e. The molecule has 1 saturated heterocycles. The molecule has 2 unspecified atom stereocenters. The summed E-state index contributed by atoms with van der Waals surface area (Å²) in [4.78, 5) is 21.5. The quantitative estimate of drug-likeness (QED) is 0.231. The number of carbonyl (C=O) groups excluding carboxylic acids is 1. The third-order valence-corrected chi connectivity index (χ3v) is 6.79. The summed E-state index contributed by atoms with van der Waals surface area (Å²) in [5.41, 5.74) is 0. The zero-order chi connectivity index (χ0) is 21.0. The van der Waals surface area contributed by atoms with Crippen molar-refractivity contribution in [2.24, 2.45) is 5.92 Å². The number of carbonyl (C=O) groups is 1. The molecule has 1 rings (SSSR count). The van der Waals surface area contributed by atoms with Crippen molar-refractivity contribution in [3.8, 4) is 0 Å². The molecule has 0 aromatic carbocycles. The molecule has 0 aromatic rings. The van der Waals surface area contributed by atoms with Gasteiger partial charge in [0.2, 0.25) is 5.91 Å². The first-order chi connectivity index (χ1) is 13.3. The van der Waals surface area contributed by atoms with Crippen LogP contribution in [0, 0.1) is 5.92 Å². The third kappa shape index (κ3) is 9.66. The topological polar surface area (TPSA) is 86.2 Å². The monoisotopic (exact) mass is 437 g/mol. The molecule has 1 heterocycles. The van der Waals surface area contributed by atoms with Crippen LogP contribution in [0.3, 0.4) is 0 Å². The first-order valence-corrected chi connectivity index (χ1v) is 12.9. The van der Waals surface area contributed by atoms with Gasteiger partial charge in [0.15, 0.2) is 0 Å². The molecule has 164 valence electrons. The van der Waals surface area contributed by atoms with Crippen LogP contribution in [0.15, 0.2) is 0 Å². The number of amides is 1. The highest BCUT2D eigenvalue weighted by molar-refractivity contribution is 8.07. The van der Waals surface area contributed by atoms with Gasteiger partial charge in [-0.15, -0.1) is 0 Å². The Bertz CT molecular complexity index is 501. The summed E-state index contributed by atoms with van der Waals surface area (Å²) in [6, 6.07) is 0.0192. The average Bonchev–Trinajstić information content (AvgIpc) is 2.92. The molecule has 1 fully saturated rings. The van der Waals surface area contributed by atoms with Crippen molar-refractivity contribution in [3.05, 3.63) is 0 Å². The van der Waals surface area contributed by atoms with Gasteiger partial charge in [-0.2, -0.15) is 0 Å². The first-order valence-electron chi connectivity index (χ1n) is 10.3. The lowest BCUT2D eigenvalue weighted by molar-refractivity contribution is -0.121. The Morgan fingerprint density at radius 2 is 1.93 bits per heavy atom.